The van der Waals surface area contributed by atoms with E-state index in [0.29, 0.717) is 0 Å². The van der Waals surface area contributed by atoms with Crippen molar-refractivity contribution in [2.24, 2.45) is 5.92 Å². The predicted molar refractivity (Wildman–Crippen MR) is 90.1 cm³/mol. The van der Waals surface area contributed by atoms with E-state index in [9.17, 15) is 0 Å². The molecule has 2 fully saturated rings. The summed E-state index contributed by atoms with van der Waals surface area (Å²) in [6.07, 6.45) is 20.2. The minimum atomic E-state index is 0.747. The van der Waals surface area contributed by atoms with Crippen LogP contribution >= 0.6 is 0 Å². The summed E-state index contributed by atoms with van der Waals surface area (Å²) in [6, 6.07) is 3.02. The Bertz CT molecular complexity index is 559. The molecule has 0 amide bonds. The van der Waals surface area contributed by atoms with Crippen molar-refractivity contribution in [1.82, 2.24) is 15.1 Å². The van der Waals surface area contributed by atoms with E-state index in [4.69, 9.17) is 0 Å². The second-order valence-electron chi connectivity index (χ2n) is 7.24. The second kappa shape index (κ2) is 6.31. The van der Waals surface area contributed by atoms with E-state index in [-0.39, 0.29) is 0 Å². The van der Waals surface area contributed by atoms with Crippen molar-refractivity contribution < 1.29 is 0 Å². The Kier molecular flexibility index (Phi) is 4.05. The van der Waals surface area contributed by atoms with Gasteiger partial charge in [0, 0.05) is 24.1 Å². The van der Waals surface area contributed by atoms with E-state index >= 15 is 0 Å². The molecule has 2 saturated carbocycles. The zero-order valence-electron chi connectivity index (χ0n) is 13.4. The minimum Gasteiger partial charge on any atom is -0.351 e. The summed E-state index contributed by atoms with van der Waals surface area (Å²) in [5.74, 6) is 0.947. The van der Waals surface area contributed by atoms with Crippen molar-refractivity contribution in [2.75, 3.05) is 0 Å². The van der Waals surface area contributed by atoms with Crippen molar-refractivity contribution in [3.8, 4) is 0 Å². The average molecular weight is 297 g/mol. The lowest BCUT2D eigenvalue weighted by molar-refractivity contribution is 0.338. The third-order valence-electron chi connectivity index (χ3n) is 5.40. The lowest BCUT2D eigenvalue weighted by Crippen LogP contribution is -2.15. The second-order valence-corrected chi connectivity index (χ2v) is 7.24. The summed E-state index contributed by atoms with van der Waals surface area (Å²) in [4.78, 5) is 2.37. The zero-order chi connectivity index (χ0) is 14.8. The van der Waals surface area contributed by atoms with Crippen LogP contribution in [0.1, 0.15) is 69.2 Å². The lowest BCUT2D eigenvalue weighted by Gasteiger charge is -2.20. The molecular weight excluding hydrogens is 270 g/mol. The Hall–Kier alpha value is -1.51. The van der Waals surface area contributed by atoms with Crippen LogP contribution in [-0.4, -0.2) is 21.1 Å². The molecule has 3 aliphatic rings. The van der Waals surface area contributed by atoms with Gasteiger partial charge in [-0.05, 0) is 49.7 Å². The molecule has 0 bridgehead atoms. The standard InChI is InChI=1S/C19H27N3/c1-2-5-15(6-3-1)8-9-17-13-19(21-20-17)16-7-4-12-22(14-16)18-10-11-18/h4,12-15,18H,1-3,5-11H2,(H,20,21). The van der Waals surface area contributed by atoms with Crippen LogP contribution in [0.2, 0.25) is 0 Å². The van der Waals surface area contributed by atoms with Crippen molar-refractivity contribution in [2.45, 2.75) is 70.3 Å². The van der Waals surface area contributed by atoms with Gasteiger partial charge in [0.2, 0.25) is 0 Å². The highest BCUT2D eigenvalue weighted by atomic mass is 15.2. The highest BCUT2D eigenvalue weighted by Gasteiger charge is 2.27. The molecule has 4 rings (SSSR count). The van der Waals surface area contributed by atoms with E-state index < -0.39 is 0 Å². The van der Waals surface area contributed by atoms with Crippen LogP contribution in [0.15, 0.2) is 24.5 Å². The molecule has 0 aromatic carbocycles. The third-order valence-corrected chi connectivity index (χ3v) is 5.40. The molecule has 118 valence electrons. The minimum absolute atomic E-state index is 0.747. The van der Waals surface area contributed by atoms with Crippen LogP contribution in [0, 0.1) is 5.92 Å². The molecule has 0 saturated heterocycles. The van der Waals surface area contributed by atoms with Gasteiger partial charge in [-0.2, -0.15) is 5.10 Å². The molecule has 2 heterocycles. The molecule has 3 nitrogen and oxygen atoms in total. The maximum absolute atomic E-state index is 4.56. The number of nitrogens with one attached hydrogen (secondary N) is 1. The fraction of sp³-hybridized carbons (Fsp3) is 0.632. The van der Waals surface area contributed by atoms with Gasteiger partial charge in [-0.15, -0.1) is 0 Å². The van der Waals surface area contributed by atoms with Gasteiger partial charge in [0.25, 0.3) is 0 Å². The molecule has 1 aromatic heterocycles. The van der Waals surface area contributed by atoms with Gasteiger partial charge in [0.05, 0.1) is 5.69 Å². The van der Waals surface area contributed by atoms with Crippen molar-refractivity contribution in [3.05, 3.63) is 35.9 Å². The Balaban J connectivity index is 1.36. The topological polar surface area (TPSA) is 31.9 Å². The van der Waals surface area contributed by atoms with Crippen molar-refractivity contribution in [3.63, 3.8) is 0 Å². The van der Waals surface area contributed by atoms with Gasteiger partial charge in [0.15, 0.2) is 0 Å². The molecule has 0 atom stereocenters. The quantitative estimate of drug-likeness (QED) is 0.858. The SMILES string of the molecule is C1=CN(C2CC2)C=C(c2cc(CCC3CCCCC3)[nH]n2)C1. The molecule has 1 aliphatic heterocycles. The number of aromatic amines is 1. The summed E-state index contributed by atoms with van der Waals surface area (Å²) in [6.45, 7) is 0. The van der Waals surface area contributed by atoms with Crippen LogP contribution in [-0.2, 0) is 6.42 Å². The maximum Gasteiger partial charge on any atom is 0.0900 e. The van der Waals surface area contributed by atoms with Gasteiger partial charge in [0.1, 0.15) is 0 Å². The molecule has 2 aliphatic carbocycles. The number of nitrogens with zero attached hydrogens (tertiary/aromatic N) is 2. The predicted octanol–water partition coefficient (Wildman–Crippen LogP) is 4.65. The highest BCUT2D eigenvalue weighted by molar-refractivity contribution is 5.65. The van der Waals surface area contributed by atoms with Gasteiger partial charge in [-0.25, -0.2) is 0 Å². The first-order valence-corrected chi connectivity index (χ1v) is 9.08. The number of H-pyrrole nitrogens is 1. The molecule has 0 unspecified atom stereocenters. The Labute approximate surface area is 133 Å². The number of aryl methyl sites for hydroxylation is 1. The number of hydrogen-bond donors (Lipinski definition) is 1. The molecule has 22 heavy (non-hydrogen) atoms. The van der Waals surface area contributed by atoms with E-state index in [0.717, 1.165) is 30.5 Å². The third kappa shape index (κ3) is 3.29. The first-order chi connectivity index (χ1) is 10.9. The molecule has 3 heteroatoms. The molecule has 0 spiro atoms. The maximum atomic E-state index is 4.56. The molecule has 1 N–H and O–H groups in total. The van der Waals surface area contributed by atoms with Crippen molar-refractivity contribution >= 4 is 5.57 Å². The van der Waals surface area contributed by atoms with E-state index in [1.54, 1.807) is 0 Å². The first-order valence-electron chi connectivity index (χ1n) is 9.08. The molecule has 1 aromatic rings. The van der Waals surface area contributed by atoms with Crippen LogP contribution < -0.4 is 0 Å². The summed E-state index contributed by atoms with van der Waals surface area (Å²) in [7, 11) is 0. The Morgan fingerprint density at radius 1 is 1.14 bits per heavy atom. The summed E-state index contributed by atoms with van der Waals surface area (Å²) >= 11 is 0. The first kappa shape index (κ1) is 14.1. The average Bonchev–Trinajstić information content (AvgIpc) is 3.32. The Morgan fingerprint density at radius 2 is 2.00 bits per heavy atom. The largest absolute Gasteiger partial charge is 0.351 e. The number of allylic oxidation sites excluding steroid dienone is 2. The zero-order valence-corrected chi connectivity index (χ0v) is 13.4. The summed E-state index contributed by atoms with van der Waals surface area (Å²) in [5.41, 5.74) is 3.82. The van der Waals surface area contributed by atoms with E-state index in [2.05, 4.69) is 39.6 Å². The molecular formula is C19H27N3. The van der Waals surface area contributed by atoms with E-state index in [1.807, 2.05) is 0 Å². The lowest BCUT2D eigenvalue weighted by atomic mass is 9.86. The van der Waals surface area contributed by atoms with Gasteiger partial charge < -0.3 is 4.90 Å². The number of hydrogen-bond acceptors (Lipinski definition) is 2. The summed E-state index contributed by atoms with van der Waals surface area (Å²) < 4.78 is 0. The van der Waals surface area contributed by atoms with Crippen LogP contribution in [0.25, 0.3) is 5.57 Å². The fourth-order valence-electron chi connectivity index (χ4n) is 3.84. The molecule has 0 radical (unpaired) electrons. The van der Waals surface area contributed by atoms with Crippen LogP contribution in [0.5, 0.6) is 0 Å². The van der Waals surface area contributed by atoms with Gasteiger partial charge in [-0.1, -0.05) is 38.2 Å². The smallest absolute Gasteiger partial charge is 0.0900 e. The van der Waals surface area contributed by atoms with Crippen LogP contribution in [0.3, 0.4) is 0 Å². The Morgan fingerprint density at radius 3 is 2.82 bits per heavy atom. The highest BCUT2D eigenvalue weighted by Crippen LogP contribution is 2.32. The number of aromatic nitrogens is 2. The van der Waals surface area contributed by atoms with Crippen molar-refractivity contribution in [1.29, 1.82) is 0 Å². The fourth-order valence-corrected chi connectivity index (χ4v) is 3.84. The van der Waals surface area contributed by atoms with Gasteiger partial charge in [-0.3, -0.25) is 5.10 Å². The van der Waals surface area contributed by atoms with E-state index in [1.165, 1.54) is 62.6 Å². The summed E-state index contributed by atoms with van der Waals surface area (Å²) in [5, 5.41) is 7.83. The van der Waals surface area contributed by atoms with Gasteiger partial charge >= 0.3 is 0 Å². The number of rotatable bonds is 5. The monoisotopic (exact) mass is 297 g/mol. The van der Waals surface area contributed by atoms with Crippen LogP contribution in [0.4, 0.5) is 0 Å². The normalized spacial score (nSPS) is 22.9.